The first-order valence-electron chi connectivity index (χ1n) is 29.0. The SMILES string of the molecule is CC(C)c1c(C(=O)Nc2ccccc2)c(-c2ccccc2)c(C2CCCCC2)n1CC[C@@H](O)C[C@@H](O)CC(=O)[O-].CC(C)c1c(C(=O)Nc2ccccc2)c(-c2ccccc2)c(C2CCCCC2)n1CC[C@@H](O)C[C@@H](O)CC(=O)[O-].[Ca+2]. The van der Waals surface area contributed by atoms with E-state index in [0.29, 0.717) is 37.1 Å². The Balaban J connectivity index is 0.000000258. The molecular weight excluding hydrogens is 1050 g/mol. The number of aromatic nitrogens is 2. The summed E-state index contributed by atoms with van der Waals surface area (Å²) < 4.78 is 4.49. The summed E-state index contributed by atoms with van der Waals surface area (Å²) in [4.78, 5) is 50.0. The molecule has 0 saturated heterocycles. The van der Waals surface area contributed by atoms with Gasteiger partial charge >= 0.3 is 37.7 Å². The molecule has 6 aromatic rings. The van der Waals surface area contributed by atoms with Crippen LogP contribution in [0, 0.1) is 0 Å². The molecule has 0 bridgehead atoms. The van der Waals surface area contributed by atoms with Crippen molar-refractivity contribution in [3.63, 3.8) is 0 Å². The third kappa shape index (κ3) is 17.7. The van der Waals surface area contributed by atoms with Gasteiger partial charge in [-0.1, -0.05) is 163 Å². The second-order valence-electron chi connectivity index (χ2n) is 22.5. The number of nitrogens with one attached hydrogen (secondary N) is 2. The summed E-state index contributed by atoms with van der Waals surface area (Å²) in [6.07, 6.45) is 6.49. The third-order valence-corrected chi connectivity index (χ3v) is 15.7. The van der Waals surface area contributed by atoms with E-state index in [4.69, 9.17) is 0 Å². The van der Waals surface area contributed by atoms with Crippen molar-refractivity contribution in [1.29, 1.82) is 0 Å². The Kier molecular flexibility index (Phi) is 25.3. The van der Waals surface area contributed by atoms with Crippen molar-refractivity contribution >= 4 is 72.9 Å². The molecule has 6 N–H and O–H groups in total. The van der Waals surface area contributed by atoms with E-state index in [1.165, 1.54) is 12.8 Å². The van der Waals surface area contributed by atoms with E-state index in [1.54, 1.807) is 0 Å². The van der Waals surface area contributed by atoms with Gasteiger partial charge in [-0.3, -0.25) is 9.59 Å². The summed E-state index contributed by atoms with van der Waals surface area (Å²) in [6, 6.07) is 39.1. The minimum absolute atomic E-state index is 0. The van der Waals surface area contributed by atoms with Crippen LogP contribution in [0.4, 0.5) is 11.4 Å². The number of carbonyl (C=O) groups excluding carboxylic acids is 4. The molecule has 428 valence electrons. The molecule has 15 heteroatoms. The molecule has 2 aliphatic carbocycles. The first-order valence-corrected chi connectivity index (χ1v) is 29.0. The Bertz CT molecular complexity index is 2730. The number of aliphatic carboxylic acids is 2. The topological polar surface area (TPSA) is 229 Å². The second kappa shape index (κ2) is 31.7. The summed E-state index contributed by atoms with van der Waals surface area (Å²) in [5.74, 6) is -2.39. The van der Waals surface area contributed by atoms with Crippen molar-refractivity contribution in [2.45, 2.75) is 192 Å². The standard InChI is InChI=1S/2C33H42N2O5.Ca/c2*1-22(2)31-30(33(40)34-25-16-10-5-11-17-25)29(23-12-6-3-7-13-23)32(24-14-8-4-9-15-24)35(31)19-18-26(36)20-27(37)21-28(38)39;/h2*3,5-7,10-13,16-17,22,24,26-27,36-37H,4,8-9,14-15,18-21H2,1-2H3,(H,34,40)(H,38,39);/q;;+2/p-2/t2*26-,27-;/m11./s1. The van der Waals surface area contributed by atoms with Crippen LogP contribution in [0.2, 0.25) is 0 Å². The Morgan fingerprint density at radius 3 is 1.09 bits per heavy atom. The summed E-state index contributed by atoms with van der Waals surface area (Å²) >= 11 is 0. The van der Waals surface area contributed by atoms with Crippen LogP contribution < -0.4 is 20.8 Å². The van der Waals surface area contributed by atoms with Crippen molar-refractivity contribution in [2.75, 3.05) is 10.6 Å². The molecule has 14 nitrogen and oxygen atoms in total. The van der Waals surface area contributed by atoms with Crippen LogP contribution in [0.3, 0.4) is 0 Å². The number of anilines is 2. The number of benzene rings is 4. The van der Waals surface area contributed by atoms with Crippen LogP contribution in [0.15, 0.2) is 121 Å². The fourth-order valence-corrected chi connectivity index (χ4v) is 12.3. The average molecular weight is 1130 g/mol. The maximum atomic E-state index is 14.1. The van der Waals surface area contributed by atoms with Crippen LogP contribution >= 0.6 is 0 Å². The monoisotopic (exact) mass is 1130 g/mol. The third-order valence-electron chi connectivity index (χ3n) is 15.7. The van der Waals surface area contributed by atoms with Crippen LogP contribution in [0.1, 0.15) is 198 Å². The number of carboxylic acid groups (broad SMARTS) is 2. The zero-order chi connectivity index (χ0) is 57.3. The molecule has 2 saturated carbocycles. The van der Waals surface area contributed by atoms with Gasteiger partial charge in [0.15, 0.2) is 0 Å². The molecular formula is C66H82CaN4O10. The van der Waals surface area contributed by atoms with Gasteiger partial charge in [0.2, 0.25) is 0 Å². The largest absolute Gasteiger partial charge is 2.00 e. The Hall–Kier alpha value is -5.58. The van der Waals surface area contributed by atoms with Crippen molar-refractivity contribution in [3.05, 3.63) is 155 Å². The van der Waals surface area contributed by atoms with Crippen LogP contribution in [0.5, 0.6) is 0 Å². The Labute approximate surface area is 508 Å². The number of aliphatic hydroxyl groups is 4. The van der Waals surface area contributed by atoms with E-state index in [1.807, 2.05) is 97.1 Å². The Morgan fingerprint density at radius 2 is 0.790 bits per heavy atom. The van der Waals surface area contributed by atoms with Gasteiger partial charge in [0.25, 0.3) is 11.8 Å². The van der Waals surface area contributed by atoms with E-state index < -0.39 is 49.2 Å². The average Bonchev–Trinajstić information content (AvgIpc) is 4.19. The molecule has 4 aromatic carbocycles. The molecule has 0 radical (unpaired) electrons. The van der Waals surface area contributed by atoms with Gasteiger partial charge < -0.3 is 60.0 Å². The summed E-state index contributed by atoms with van der Waals surface area (Å²) in [7, 11) is 0. The van der Waals surface area contributed by atoms with E-state index in [-0.39, 0.29) is 86.1 Å². The maximum Gasteiger partial charge on any atom is 2.00 e. The molecule has 8 rings (SSSR count). The van der Waals surface area contributed by atoms with Crippen molar-refractivity contribution in [1.82, 2.24) is 9.13 Å². The smallest absolute Gasteiger partial charge is 0.550 e. The predicted molar refractivity (Wildman–Crippen MR) is 316 cm³/mol. The molecule has 0 unspecified atom stereocenters. The van der Waals surface area contributed by atoms with Gasteiger partial charge in [-0.15, -0.1) is 0 Å². The Morgan fingerprint density at radius 1 is 0.481 bits per heavy atom. The summed E-state index contributed by atoms with van der Waals surface area (Å²) in [5, 5.41) is 69.6. The van der Waals surface area contributed by atoms with Crippen molar-refractivity contribution in [3.8, 4) is 22.3 Å². The maximum absolute atomic E-state index is 14.1. The predicted octanol–water partition coefficient (Wildman–Crippen LogP) is 10.1. The molecule has 81 heavy (non-hydrogen) atoms. The molecule has 2 aliphatic rings. The molecule has 2 aromatic heterocycles. The normalized spacial score (nSPS) is 15.4. The van der Waals surface area contributed by atoms with Gasteiger partial charge in [-0.2, -0.15) is 0 Å². The van der Waals surface area contributed by atoms with Gasteiger partial charge in [-0.25, -0.2) is 0 Å². The fraction of sp³-hybridized carbons (Fsp3) is 0.455. The molecule has 0 aliphatic heterocycles. The number of amides is 2. The molecule has 2 heterocycles. The number of aliphatic hydroxyl groups excluding tert-OH is 4. The summed E-state index contributed by atoms with van der Waals surface area (Å²) in [6.45, 7) is 9.26. The minimum Gasteiger partial charge on any atom is -0.550 e. The van der Waals surface area contributed by atoms with Gasteiger partial charge in [-0.05, 0) is 110 Å². The van der Waals surface area contributed by atoms with Crippen LogP contribution in [0.25, 0.3) is 22.3 Å². The zero-order valence-electron chi connectivity index (χ0n) is 47.7. The number of hydrogen-bond donors (Lipinski definition) is 6. The number of carbonyl (C=O) groups is 4. The number of hydrogen-bond acceptors (Lipinski definition) is 10. The van der Waals surface area contributed by atoms with Gasteiger partial charge in [0.1, 0.15) is 0 Å². The van der Waals surface area contributed by atoms with Gasteiger partial charge in [0.05, 0.1) is 35.5 Å². The first-order chi connectivity index (χ1) is 38.5. The number of carboxylic acids is 2. The van der Waals surface area contributed by atoms with Gasteiger partial charge in [0, 0.05) is 83.1 Å². The second-order valence-corrected chi connectivity index (χ2v) is 22.5. The number of rotatable bonds is 24. The minimum atomic E-state index is -1.34. The van der Waals surface area contributed by atoms with Crippen molar-refractivity contribution < 1.29 is 49.8 Å². The van der Waals surface area contributed by atoms with E-state index >= 15 is 0 Å². The zero-order valence-corrected chi connectivity index (χ0v) is 49.9. The van der Waals surface area contributed by atoms with Crippen LogP contribution in [-0.2, 0) is 22.7 Å². The molecule has 0 spiro atoms. The molecule has 2 amide bonds. The number of para-hydroxylation sites is 2. The number of nitrogens with zero attached hydrogens (tertiary/aromatic N) is 2. The fourth-order valence-electron chi connectivity index (χ4n) is 12.3. The molecule has 2 fully saturated rings. The quantitative estimate of drug-likeness (QED) is 0.0314. The van der Waals surface area contributed by atoms with E-state index in [0.717, 1.165) is 108 Å². The van der Waals surface area contributed by atoms with E-state index in [2.05, 4.69) is 71.7 Å². The molecule has 4 atom stereocenters. The van der Waals surface area contributed by atoms with Crippen LogP contribution in [-0.4, -0.2) is 115 Å². The first kappa shape index (κ1) is 64.6. The van der Waals surface area contributed by atoms with E-state index in [9.17, 15) is 49.8 Å². The van der Waals surface area contributed by atoms with Crippen molar-refractivity contribution in [2.24, 2.45) is 0 Å². The summed E-state index contributed by atoms with van der Waals surface area (Å²) in [5.41, 5.74) is 10.8.